The zero-order valence-electron chi connectivity index (χ0n) is 9.89. The van der Waals surface area contributed by atoms with Gasteiger partial charge in [-0.05, 0) is 18.2 Å². The molecule has 19 heavy (non-hydrogen) atoms. The fourth-order valence-corrected chi connectivity index (χ4v) is 2.02. The summed E-state index contributed by atoms with van der Waals surface area (Å²) in [5.41, 5.74) is 0. The van der Waals surface area contributed by atoms with Crippen molar-refractivity contribution >= 4 is 11.6 Å². The molecule has 0 aliphatic carbocycles. The van der Waals surface area contributed by atoms with E-state index in [1.165, 1.54) is 6.07 Å². The Morgan fingerprint density at radius 2 is 1.89 bits per heavy atom. The second-order valence-electron chi connectivity index (χ2n) is 4.27. The third kappa shape index (κ3) is 3.17. The zero-order valence-corrected chi connectivity index (χ0v) is 10.6. The van der Waals surface area contributed by atoms with Gasteiger partial charge < -0.3 is 29.9 Å². The molecule has 5 atom stereocenters. The maximum absolute atomic E-state index is 9.78. The van der Waals surface area contributed by atoms with Crippen LogP contribution in [0.15, 0.2) is 24.3 Å². The molecule has 2 rings (SSSR count). The Kier molecular flexibility index (Phi) is 4.62. The van der Waals surface area contributed by atoms with Gasteiger partial charge in [-0.25, -0.2) is 0 Å². The van der Waals surface area contributed by atoms with Gasteiger partial charge in [0.15, 0.2) is 0 Å². The lowest BCUT2D eigenvalue weighted by Crippen LogP contribution is -2.60. The van der Waals surface area contributed by atoms with Gasteiger partial charge in [-0.1, -0.05) is 17.7 Å². The molecule has 1 fully saturated rings. The van der Waals surface area contributed by atoms with Crippen LogP contribution in [0.5, 0.6) is 5.75 Å². The SMILES string of the molecule is OC[C@H]1O[C@H](Oc2cccc(Cl)c2)[C@@H](O)[C@@H](O)[C@@H]1O. The van der Waals surface area contributed by atoms with E-state index in [1.807, 2.05) is 0 Å². The largest absolute Gasteiger partial charge is 0.462 e. The molecule has 0 unspecified atom stereocenters. The minimum absolute atomic E-state index is 0.344. The van der Waals surface area contributed by atoms with Crippen LogP contribution >= 0.6 is 11.6 Å². The lowest BCUT2D eigenvalue weighted by molar-refractivity contribution is -0.277. The summed E-state index contributed by atoms with van der Waals surface area (Å²) >= 11 is 5.79. The fraction of sp³-hybridized carbons (Fsp3) is 0.500. The van der Waals surface area contributed by atoms with Gasteiger partial charge in [0, 0.05) is 5.02 Å². The van der Waals surface area contributed by atoms with Crippen LogP contribution in [0.3, 0.4) is 0 Å². The molecule has 1 aromatic carbocycles. The van der Waals surface area contributed by atoms with Crippen LogP contribution in [0.4, 0.5) is 0 Å². The molecule has 4 N–H and O–H groups in total. The van der Waals surface area contributed by atoms with Crippen molar-refractivity contribution in [2.75, 3.05) is 6.61 Å². The van der Waals surface area contributed by atoms with Crippen molar-refractivity contribution in [3.05, 3.63) is 29.3 Å². The highest BCUT2D eigenvalue weighted by molar-refractivity contribution is 6.30. The molecule has 1 saturated heterocycles. The van der Waals surface area contributed by atoms with E-state index in [4.69, 9.17) is 26.2 Å². The summed E-state index contributed by atoms with van der Waals surface area (Å²) in [5, 5.41) is 38.5. The van der Waals surface area contributed by atoms with Gasteiger partial charge in [0.25, 0.3) is 0 Å². The Morgan fingerprint density at radius 1 is 1.16 bits per heavy atom. The molecular weight excluding hydrogens is 276 g/mol. The van der Waals surface area contributed by atoms with Crippen LogP contribution in [0, 0.1) is 0 Å². The van der Waals surface area contributed by atoms with Crippen molar-refractivity contribution in [1.29, 1.82) is 0 Å². The Hall–Kier alpha value is -0.890. The maximum Gasteiger partial charge on any atom is 0.229 e. The Labute approximate surface area is 114 Å². The van der Waals surface area contributed by atoms with E-state index in [9.17, 15) is 15.3 Å². The van der Waals surface area contributed by atoms with E-state index in [2.05, 4.69) is 0 Å². The minimum Gasteiger partial charge on any atom is -0.462 e. The minimum atomic E-state index is -1.46. The third-order valence-electron chi connectivity index (χ3n) is 2.90. The molecule has 0 radical (unpaired) electrons. The molecule has 1 aliphatic heterocycles. The summed E-state index contributed by atoms with van der Waals surface area (Å²) < 4.78 is 10.6. The lowest BCUT2D eigenvalue weighted by Gasteiger charge is -2.39. The van der Waals surface area contributed by atoms with Crippen LogP contribution in [0.1, 0.15) is 0 Å². The smallest absolute Gasteiger partial charge is 0.229 e. The topological polar surface area (TPSA) is 99.4 Å². The summed E-state index contributed by atoms with van der Waals surface area (Å²) in [6.07, 6.45) is -6.50. The van der Waals surface area contributed by atoms with Crippen LogP contribution < -0.4 is 4.74 Å². The summed E-state index contributed by atoms with van der Waals surface area (Å²) in [5.74, 6) is 0.344. The van der Waals surface area contributed by atoms with Gasteiger partial charge in [0.05, 0.1) is 6.61 Å². The predicted octanol–water partition coefficient (Wildman–Crippen LogP) is -0.481. The highest BCUT2D eigenvalue weighted by atomic mass is 35.5. The van der Waals surface area contributed by atoms with Crippen molar-refractivity contribution in [1.82, 2.24) is 0 Å². The zero-order chi connectivity index (χ0) is 14.0. The highest BCUT2D eigenvalue weighted by Crippen LogP contribution is 2.25. The molecule has 1 aliphatic rings. The average Bonchev–Trinajstić information content (AvgIpc) is 2.39. The van der Waals surface area contributed by atoms with E-state index < -0.39 is 37.3 Å². The van der Waals surface area contributed by atoms with Crippen LogP contribution in [0.2, 0.25) is 5.02 Å². The molecule has 1 heterocycles. The highest BCUT2D eigenvalue weighted by Gasteiger charge is 2.44. The van der Waals surface area contributed by atoms with Crippen LogP contribution in [0.25, 0.3) is 0 Å². The molecule has 0 spiro atoms. The molecule has 0 amide bonds. The Bertz CT molecular complexity index is 426. The van der Waals surface area contributed by atoms with Crippen molar-refractivity contribution in [2.24, 2.45) is 0 Å². The van der Waals surface area contributed by atoms with E-state index in [-0.39, 0.29) is 0 Å². The van der Waals surface area contributed by atoms with Crippen LogP contribution in [-0.4, -0.2) is 57.7 Å². The first kappa shape index (κ1) is 14.5. The van der Waals surface area contributed by atoms with Gasteiger partial charge in [-0.15, -0.1) is 0 Å². The molecule has 106 valence electrons. The summed E-state index contributed by atoms with van der Waals surface area (Å²) in [6, 6.07) is 6.43. The second-order valence-corrected chi connectivity index (χ2v) is 4.71. The quantitative estimate of drug-likeness (QED) is 0.600. The number of aliphatic hydroxyl groups is 4. The summed E-state index contributed by atoms with van der Waals surface area (Å²) in [6.45, 7) is -0.500. The van der Waals surface area contributed by atoms with Gasteiger partial charge in [-0.2, -0.15) is 0 Å². The van der Waals surface area contributed by atoms with Crippen molar-refractivity contribution < 1.29 is 29.9 Å². The molecule has 1 aromatic rings. The number of benzene rings is 1. The summed E-state index contributed by atoms with van der Waals surface area (Å²) in [4.78, 5) is 0. The maximum atomic E-state index is 9.78. The van der Waals surface area contributed by atoms with Crippen molar-refractivity contribution in [2.45, 2.75) is 30.7 Å². The van der Waals surface area contributed by atoms with Crippen molar-refractivity contribution in [3.63, 3.8) is 0 Å². The number of hydrogen-bond donors (Lipinski definition) is 4. The van der Waals surface area contributed by atoms with Crippen LogP contribution in [-0.2, 0) is 4.74 Å². The van der Waals surface area contributed by atoms with Gasteiger partial charge in [0.2, 0.25) is 6.29 Å². The standard InChI is InChI=1S/C12H15ClO6/c13-6-2-1-3-7(4-6)18-12-11(17)10(16)9(15)8(5-14)19-12/h1-4,8-12,14-17H,5H2/t8-,9-,10+,11+,12+/m1/s1. The van der Waals surface area contributed by atoms with E-state index >= 15 is 0 Å². The predicted molar refractivity (Wildman–Crippen MR) is 65.8 cm³/mol. The molecular formula is C12H15ClO6. The normalized spacial score (nSPS) is 35.1. The number of hydrogen-bond acceptors (Lipinski definition) is 6. The lowest BCUT2D eigenvalue weighted by atomic mass is 9.99. The molecule has 6 nitrogen and oxygen atoms in total. The summed E-state index contributed by atoms with van der Waals surface area (Å²) in [7, 11) is 0. The second kappa shape index (κ2) is 6.04. The van der Waals surface area contributed by atoms with E-state index in [1.54, 1.807) is 18.2 Å². The van der Waals surface area contributed by atoms with E-state index in [0.717, 1.165) is 0 Å². The van der Waals surface area contributed by atoms with Crippen molar-refractivity contribution in [3.8, 4) is 5.75 Å². The molecule has 0 saturated carbocycles. The van der Waals surface area contributed by atoms with Gasteiger partial charge >= 0.3 is 0 Å². The van der Waals surface area contributed by atoms with E-state index in [0.29, 0.717) is 10.8 Å². The number of rotatable bonds is 3. The number of aliphatic hydroxyl groups excluding tert-OH is 4. The van der Waals surface area contributed by atoms with Gasteiger partial charge in [-0.3, -0.25) is 0 Å². The third-order valence-corrected chi connectivity index (χ3v) is 3.13. The first-order valence-corrected chi connectivity index (χ1v) is 6.13. The van der Waals surface area contributed by atoms with Gasteiger partial charge in [0.1, 0.15) is 30.2 Å². The Balaban J connectivity index is 2.10. The molecule has 0 bridgehead atoms. The number of ether oxygens (including phenoxy) is 2. The first-order valence-electron chi connectivity index (χ1n) is 5.75. The Morgan fingerprint density at radius 3 is 2.53 bits per heavy atom. The fourth-order valence-electron chi connectivity index (χ4n) is 1.84. The average molecular weight is 291 g/mol. The number of halogens is 1. The molecule has 0 aromatic heterocycles. The first-order chi connectivity index (χ1) is 9.02. The monoisotopic (exact) mass is 290 g/mol. The molecule has 7 heteroatoms.